The molecule has 0 aliphatic carbocycles. The molecule has 11 heteroatoms. The molecule has 0 aromatic carbocycles. The van der Waals surface area contributed by atoms with Crippen LogP contribution in [0.1, 0.15) is 0 Å². The van der Waals surface area contributed by atoms with Crippen LogP contribution in [0.15, 0.2) is 0 Å². The van der Waals surface area contributed by atoms with Crippen molar-refractivity contribution in [3.05, 3.63) is 0 Å². The van der Waals surface area contributed by atoms with Gasteiger partial charge in [0.1, 0.15) is 0 Å². The number of rotatable bonds is 0. The topological polar surface area (TPSA) is 200 Å². The summed E-state index contributed by atoms with van der Waals surface area (Å²) in [6.07, 6.45) is 0. The van der Waals surface area contributed by atoms with Crippen LogP contribution in [0.5, 0.6) is 0 Å². The molecule has 0 saturated carbocycles. The summed E-state index contributed by atoms with van der Waals surface area (Å²) in [4.78, 5) is 0. The monoisotopic (exact) mass is 622 g/mol. The predicted molar refractivity (Wildman–Crippen MR) is 4.81 cm³/mol. The van der Waals surface area contributed by atoms with E-state index in [0.717, 1.165) is 0 Å². The van der Waals surface area contributed by atoms with Crippen molar-refractivity contribution in [3.63, 3.8) is 0 Å². The first kappa shape index (κ1) is 177. The quantitative estimate of drug-likeness (QED) is 0.306. The van der Waals surface area contributed by atoms with E-state index in [1.165, 1.54) is 0 Å². The van der Waals surface area contributed by atoms with Crippen LogP contribution < -0.4 is 0 Å². The fraction of sp³-hybridized carbons (Fsp3) is 0. The molecule has 0 atom stereocenters. The molecule has 0 saturated heterocycles. The third kappa shape index (κ3) is 122. The first-order valence-corrected chi connectivity index (χ1v) is 0. The summed E-state index contributed by atoms with van der Waals surface area (Å²) in [5.41, 5.74) is 0. The molecule has 0 aliphatic rings. The van der Waals surface area contributed by atoms with Crippen molar-refractivity contribution in [2.45, 2.75) is 0 Å². The van der Waals surface area contributed by atoms with Crippen LogP contribution in [0.3, 0.4) is 0 Å². The van der Waals surface area contributed by atoms with E-state index in [0.29, 0.717) is 0 Å². The molecule has 0 fully saturated rings. The molecule has 72 valence electrons. The molecule has 0 aromatic heterocycles. The SMILES string of the molecule is [Eu+3].[Eu+3].[O-2].[O-2].[O-2].[O-2].[O-2].[O-2].[O-2].[Ru+4].[Ru+4]. The molecule has 0 radical (unpaired) electrons. The number of hydrogen-bond donors (Lipinski definition) is 0. The van der Waals surface area contributed by atoms with Gasteiger partial charge in [-0.2, -0.15) is 0 Å². The van der Waals surface area contributed by atoms with Gasteiger partial charge in [-0.25, -0.2) is 0 Å². The van der Waals surface area contributed by atoms with Crippen molar-refractivity contribution in [2.75, 3.05) is 0 Å². The third-order valence-electron chi connectivity index (χ3n) is 0. The molecule has 0 heterocycles. The Labute approximate surface area is 172 Å². The smallest absolute Gasteiger partial charge is 2.00 e. The van der Waals surface area contributed by atoms with Crippen LogP contribution in [0, 0.1) is 98.8 Å². The fourth-order valence-electron chi connectivity index (χ4n) is 0. The van der Waals surface area contributed by atoms with Gasteiger partial charge in [-0.05, 0) is 0 Å². The Balaban J connectivity index is 0. The Morgan fingerprint density at radius 2 is 0.273 bits per heavy atom. The van der Waals surface area contributed by atoms with Gasteiger partial charge in [0.25, 0.3) is 0 Å². The van der Waals surface area contributed by atoms with E-state index in [1.807, 2.05) is 0 Å². The van der Waals surface area contributed by atoms with Crippen molar-refractivity contribution >= 4 is 0 Å². The van der Waals surface area contributed by atoms with Gasteiger partial charge in [-0.1, -0.05) is 0 Å². The van der Waals surface area contributed by atoms with Gasteiger partial charge in [0.2, 0.25) is 0 Å². The Morgan fingerprint density at radius 3 is 0.273 bits per heavy atom. The van der Waals surface area contributed by atoms with Crippen LogP contribution in [0.2, 0.25) is 0 Å². The predicted octanol–water partition coefficient (Wildman–Crippen LogP) is -0.837. The molecule has 0 rings (SSSR count). The second-order valence-corrected chi connectivity index (χ2v) is 0. The van der Waals surface area contributed by atoms with Gasteiger partial charge in [0.15, 0.2) is 0 Å². The summed E-state index contributed by atoms with van der Waals surface area (Å²) in [6, 6.07) is 0. The van der Waals surface area contributed by atoms with Crippen molar-refractivity contribution < 1.29 is 176 Å². The van der Waals surface area contributed by atoms with Crippen LogP contribution >= 0.6 is 0 Å². The minimum Gasteiger partial charge on any atom is -2.00 e. The van der Waals surface area contributed by atoms with E-state index in [9.17, 15) is 0 Å². The van der Waals surface area contributed by atoms with Crippen molar-refractivity contribution in [1.82, 2.24) is 0 Å². The Kier molecular flexibility index (Phi) is 2290. The third-order valence-corrected chi connectivity index (χ3v) is 0. The standard InChI is InChI=1S/2Eu.7O.2Ru/q2*+3;7*-2;2*+4. The van der Waals surface area contributed by atoms with Crippen LogP contribution in [-0.4, -0.2) is 0 Å². The Hall–Kier alpha value is 4.14. The van der Waals surface area contributed by atoms with Gasteiger partial charge in [-0.15, -0.1) is 0 Å². The second kappa shape index (κ2) is 143. The maximum absolute atomic E-state index is 0. The molecule has 0 spiro atoms. The van der Waals surface area contributed by atoms with Gasteiger partial charge < -0.3 is 38.3 Å². The van der Waals surface area contributed by atoms with Crippen LogP contribution in [0.25, 0.3) is 0 Å². The van der Waals surface area contributed by atoms with Crippen molar-refractivity contribution in [1.29, 1.82) is 0 Å². The molecule has 11 heavy (non-hydrogen) atoms. The van der Waals surface area contributed by atoms with Gasteiger partial charge in [-0.3, -0.25) is 0 Å². The second-order valence-electron chi connectivity index (χ2n) is 0. The molecule has 0 unspecified atom stereocenters. The molecule has 0 aliphatic heterocycles. The van der Waals surface area contributed by atoms with Gasteiger partial charge in [0, 0.05) is 0 Å². The largest absolute Gasteiger partial charge is 4.00 e. The van der Waals surface area contributed by atoms with E-state index in [4.69, 9.17) is 0 Å². The first-order valence-electron chi connectivity index (χ1n) is 0. The van der Waals surface area contributed by atoms with Gasteiger partial charge >= 0.3 is 138 Å². The van der Waals surface area contributed by atoms with Crippen LogP contribution in [-0.2, 0) is 77.3 Å². The van der Waals surface area contributed by atoms with E-state index >= 15 is 0 Å². The number of hydrogen-bond acceptors (Lipinski definition) is 0. The normalized spacial score (nSPS) is 0. The van der Waals surface area contributed by atoms with Gasteiger partial charge in [0.05, 0.1) is 0 Å². The summed E-state index contributed by atoms with van der Waals surface area (Å²) in [7, 11) is 0. The minimum absolute atomic E-state index is 0. The van der Waals surface area contributed by atoms with E-state index in [-0.39, 0.29) is 176 Å². The zero-order valence-corrected chi connectivity index (χ0v) is 12.6. The molecule has 7 nitrogen and oxygen atoms in total. The first-order chi connectivity index (χ1) is 0. The van der Waals surface area contributed by atoms with Crippen LogP contribution in [0.4, 0.5) is 0 Å². The maximum atomic E-state index is 0. The summed E-state index contributed by atoms with van der Waals surface area (Å²) < 4.78 is 0. The molecule has 0 N–H and O–H groups in total. The summed E-state index contributed by atoms with van der Waals surface area (Å²) in [6.45, 7) is 0. The molecule has 0 bridgehead atoms. The summed E-state index contributed by atoms with van der Waals surface area (Å²) in [5, 5.41) is 0. The Bertz CT molecular complexity index is 14.4. The molecular formula is Eu2O7Ru2. The zero-order chi connectivity index (χ0) is 0. The average Bonchev–Trinajstić information content (AvgIpc) is 0. The maximum Gasteiger partial charge on any atom is 4.00 e. The fourth-order valence-corrected chi connectivity index (χ4v) is 0. The van der Waals surface area contributed by atoms with Crippen molar-refractivity contribution in [2.24, 2.45) is 0 Å². The van der Waals surface area contributed by atoms with E-state index in [2.05, 4.69) is 0 Å². The van der Waals surface area contributed by atoms with E-state index < -0.39 is 0 Å². The summed E-state index contributed by atoms with van der Waals surface area (Å²) >= 11 is 0. The minimum atomic E-state index is 0. The average molecular weight is 618 g/mol. The van der Waals surface area contributed by atoms with Crippen molar-refractivity contribution in [3.8, 4) is 0 Å². The zero-order valence-electron chi connectivity index (χ0n) is 4.32. The Morgan fingerprint density at radius 1 is 0.273 bits per heavy atom. The van der Waals surface area contributed by atoms with E-state index in [1.54, 1.807) is 0 Å². The molecular weight excluding hydrogens is 618 g/mol. The summed E-state index contributed by atoms with van der Waals surface area (Å²) in [5.74, 6) is 0. The molecule has 0 aromatic rings. The molecule has 0 amide bonds.